The second-order valence-corrected chi connectivity index (χ2v) is 4.58. The fourth-order valence-corrected chi connectivity index (χ4v) is 1.91. The zero-order valence-corrected chi connectivity index (χ0v) is 10.3. The Morgan fingerprint density at radius 2 is 2.39 bits per heavy atom. The number of carbonyl (C=O) groups excluding carboxylic acids is 1. The third-order valence-electron chi connectivity index (χ3n) is 2.83. The van der Waals surface area contributed by atoms with Crippen LogP contribution in [0.5, 0.6) is 0 Å². The second kappa shape index (κ2) is 5.22. The van der Waals surface area contributed by atoms with E-state index in [1.54, 1.807) is 0 Å². The molecule has 0 radical (unpaired) electrons. The molecule has 1 saturated carbocycles. The van der Waals surface area contributed by atoms with Gasteiger partial charge >= 0.3 is 0 Å². The van der Waals surface area contributed by atoms with Gasteiger partial charge in [-0.2, -0.15) is 0 Å². The van der Waals surface area contributed by atoms with Crippen molar-refractivity contribution < 1.29 is 10.0 Å². The van der Waals surface area contributed by atoms with Crippen molar-refractivity contribution in [2.45, 2.75) is 18.9 Å². The summed E-state index contributed by atoms with van der Waals surface area (Å²) in [4.78, 5) is 15.8. The molecule has 0 bridgehead atoms. The normalized spacial score (nSPS) is 17.3. The molecule has 0 spiro atoms. The third kappa shape index (κ3) is 2.70. The van der Waals surface area contributed by atoms with E-state index in [-0.39, 0.29) is 22.7 Å². The van der Waals surface area contributed by atoms with Crippen molar-refractivity contribution in [3.63, 3.8) is 0 Å². The van der Waals surface area contributed by atoms with Gasteiger partial charge in [-0.3, -0.25) is 9.78 Å². The van der Waals surface area contributed by atoms with E-state index < -0.39 is 6.04 Å². The monoisotopic (exact) mass is 268 g/mol. The number of oxime groups is 1. The number of carbonyl (C=O) groups is 1. The predicted octanol–water partition coefficient (Wildman–Crippen LogP) is 0.990. The topological polar surface area (TPSA) is 101 Å². The number of hydrogen-bond donors (Lipinski definition) is 3. The molecule has 1 aromatic heterocycles. The Hall–Kier alpha value is -1.82. The Balaban J connectivity index is 2.12. The first-order chi connectivity index (χ1) is 8.63. The lowest BCUT2D eigenvalue weighted by atomic mass is 10.1. The van der Waals surface area contributed by atoms with Crippen LogP contribution in [0.2, 0.25) is 5.02 Å². The van der Waals surface area contributed by atoms with Gasteiger partial charge < -0.3 is 16.3 Å². The number of nitrogens with two attached hydrogens (primary N) is 1. The molecule has 7 heteroatoms. The number of aromatic nitrogens is 1. The van der Waals surface area contributed by atoms with Crippen molar-refractivity contribution in [1.29, 1.82) is 0 Å². The number of amides is 1. The first kappa shape index (κ1) is 12.6. The summed E-state index contributed by atoms with van der Waals surface area (Å²) in [5.74, 6) is -0.118. The average molecular weight is 269 g/mol. The number of rotatable bonds is 4. The molecule has 1 fully saturated rings. The molecule has 1 heterocycles. The summed E-state index contributed by atoms with van der Waals surface area (Å²) >= 11 is 5.88. The van der Waals surface area contributed by atoms with E-state index in [1.165, 1.54) is 18.5 Å². The highest BCUT2D eigenvalue weighted by atomic mass is 35.5. The Morgan fingerprint density at radius 1 is 1.67 bits per heavy atom. The second-order valence-electron chi connectivity index (χ2n) is 4.17. The number of amidine groups is 1. The number of nitrogens with one attached hydrogen (secondary N) is 1. The molecule has 1 aromatic rings. The van der Waals surface area contributed by atoms with E-state index in [0.29, 0.717) is 5.56 Å². The minimum absolute atomic E-state index is 0.0102. The first-order valence-electron chi connectivity index (χ1n) is 5.51. The minimum atomic E-state index is -0.452. The third-order valence-corrected chi connectivity index (χ3v) is 3.13. The summed E-state index contributed by atoms with van der Waals surface area (Å²) < 4.78 is 0. The first-order valence-corrected chi connectivity index (χ1v) is 5.89. The summed E-state index contributed by atoms with van der Waals surface area (Å²) in [7, 11) is 0. The van der Waals surface area contributed by atoms with Gasteiger partial charge in [0.1, 0.15) is 0 Å². The highest BCUT2D eigenvalue weighted by Gasteiger charge is 2.35. The zero-order valence-electron chi connectivity index (χ0n) is 9.51. The van der Waals surface area contributed by atoms with Crippen LogP contribution in [0, 0.1) is 5.92 Å². The standard InChI is InChI=1S/C11H13ClN4O2/c12-8-5-14-4-3-7(8)11(17)15-9(6-1-2-6)10(13)16-18/h3-6,9,18H,1-2H2,(H2,13,16)(H,15,17). The maximum atomic E-state index is 12.0. The van der Waals surface area contributed by atoms with Gasteiger partial charge in [-0.1, -0.05) is 16.8 Å². The molecule has 4 N–H and O–H groups in total. The summed E-state index contributed by atoms with van der Waals surface area (Å²) in [6.45, 7) is 0. The minimum Gasteiger partial charge on any atom is -0.409 e. The molecule has 96 valence electrons. The maximum absolute atomic E-state index is 12.0. The van der Waals surface area contributed by atoms with Crippen molar-refractivity contribution in [1.82, 2.24) is 10.3 Å². The van der Waals surface area contributed by atoms with Crippen LogP contribution in [-0.2, 0) is 0 Å². The highest BCUT2D eigenvalue weighted by Crippen LogP contribution is 2.33. The van der Waals surface area contributed by atoms with Gasteiger partial charge in [-0.15, -0.1) is 0 Å². The molecule has 2 rings (SSSR count). The molecule has 1 atom stereocenters. The maximum Gasteiger partial charge on any atom is 0.253 e. The molecular weight excluding hydrogens is 256 g/mol. The molecule has 6 nitrogen and oxygen atoms in total. The predicted molar refractivity (Wildman–Crippen MR) is 66.6 cm³/mol. The fourth-order valence-electron chi connectivity index (χ4n) is 1.70. The van der Waals surface area contributed by atoms with Gasteiger partial charge in [0.25, 0.3) is 5.91 Å². The fraction of sp³-hybridized carbons (Fsp3) is 0.364. The molecule has 18 heavy (non-hydrogen) atoms. The van der Waals surface area contributed by atoms with Crippen molar-refractivity contribution in [3.05, 3.63) is 29.0 Å². The van der Waals surface area contributed by atoms with E-state index in [0.717, 1.165) is 12.8 Å². The van der Waals surface area contributed by atoms with Crippen LogP contribution in [0.4, 0.5) is 0 Å². The SMILES string of the molecule is NC(=NO)C(NC(=O)c1ccncc1Cl)C1CC1. The van der Waals surface area contributed by atoms with Gasteiger partial charge in [0.05, 0.1) is 16.6 Å². The van der Waals surface area contributed by atoms with Gasteiger partial charge in [-0.25, -0.2) is 0 Å². The van der Waals surface area contributed by atoms with Crippen molar-refractivity contribution in [2.75, 3.05) is 0 Å². The van der Waals surface area contributed by atoms with Crippen LogP contribution in [0.1, 0.15) is 23.2 Å². The van der Waals surface area contributed by atoms with Crippen LogP contribution >= 0.6 is 11.6 Å². The van der Waals surface area contributed by atoms with Crippen molar-refractivity contribution in [3.8, 4) is 0 Å². The number of nitrogens with zero attached hydrogens (tertiary/aromatic N) is 2. The molecule has 1 aliphatic rings. The zero-order chi connectivity index (χ0) is 13.1. The van der Waals surface area contributed by atoms with Crippen LogP contribution in [0.25, 0.3) is 0 Å². The lowest BCUT2D eigenvalue weighted by molar-refractivity contribution is 0.0943. The molecule has 0 aliphatic heterocycles. The van der Waals surface area contributed by atoms with Crippen LogP contribution in [0.15, 0.2) is 23.6 Å². The molecular formula is C11H13ClN4O2. The Morgan fingerprint density at radius 3 is 2.94 bits per heavy atom. The number of hydrogen-bond acceptors (Lipinski definition) is 4. The lowest BCUT2D eigenvalue weighted by Gasteiger charge is -2.16. The molecule has 0 saturated heterocycles. The van der Waals surface area contributed by atoms with Gasteiger partial charge in [0, 0.05) is 12.4 Å². The number of halogens is 1. The molecule has 0 aromatic carbocycles. The van der Waals surface area contributed by atoms with Gasteiger partial charge in [0.2, 0.25) is 0 Å². The average Bonchev–Trinajstić information content (AvgIpc) is 3.19. The summed E-state index contributed by atoms with van der Waals surface area (Å²) in [6.07, 6.45) is 4.78. The van der Waals surface area contributed by atoms with E-state index in [2.05, 4.69) is 15.5 Å². The van der Waals surface area contributed by atoms with Crippen LogP contribution in [0.3, 0.4) is 0 Å². The van der Waals surface area contributed by atoms with Gasteiger partial charge in [-0.05, 0) is 24.8 Å². The highest BCUT2D eigenvalue weighted by molar-refractivity contribution is 6.33. The van der Waals surface area contributed by atoms with E-state index >= 15 is 0 Å². The van der Waals surface area contributed by atoms with Crippen molar-refractivity contribution >= 4 is 23.3 Å². The summed E-state index contributed by atoms with van der Waals surface area (Å²) in [5, 5.41) is 14.6. The van der Waals surface area contributed by atoms with E-state index in [4.69, 9.17) is 22.5 Å². The number of pyridine rings is 1. The van der Waals surface area contributed by atoms with E-state index in [1.807, 2.05) is 0 Å². The van der Waals surface area contributed by atoms with Gasteiger partial charge in [0.15, 0.2) is 5.84 Å². The molecule has 1 aliphatic carbocycles. The smallest absolute Gasteiger partial charge is 0.253 e. The Labute approximate surface area is 109 Å². The Bertz CT molecular complexity index is 488. The van der Waals surface area contributed by atoms with Crippen molar-refractivity contribution in [2.24, 2.45) is 16.8 Å². The van der Waals surface area contributed by atoms with E-state index in [9.17, 15) is 4.79 Å². The van der Waals surface area contributed by atoms with Crippen LogP contribution in [-0.4, -0.2) is 28.0 Å². The van der Waals surface area contributed by atoms with Crippen LogP contribution < -0.4 is 11.1 Å². The quantitative estimate of drug-likeness (QED) is 0.328. The largest absolute Gasteiger partial charge is 0.409 e. The lowest BCUT2D eigenvalue weighted by Crippen LogP contribution is -2.46. The summed E-state index contributed by atoms with van der Waals surface area (Å²) in [6, 6.07) is 1.07. The molecule has 1 unspecified atom stereocenters. The Kier molecular flexibility index (Phi) is 3.66. The molecule has 1 amide bonds. The summed E-state index contributed by atoms with van der Waals surface area (Å²) in [5.41, 5.74) is 5.88.